The maximum Gasteiger partial charge on any atom is 0.276 e. The number of hydrogen-bond acceptors (Lipinski definition) is 5. The van der Waals surface area contributed by atoms with Gasteiger partial charge in [-0.25, -0.2) is 4.68 Å². The summed E-state index contributed by atoms with van der Waals surface area (Å²) in [5.41, 5.74) is 1.50. The number of nitrogens with one attached hydrogen (secondary N) is 1. The van der Waals surface area contributed by atoms with Gasteiger partial charge in [0.05, 0.1) is 25.4 Å². The first-order valence-corrected chi connectivity index (χ1v) is 9.34. The molecule has 2 aliphatic rings. The summed E-state index contributed by atoms with van der Waals surface area (Å²) in [5.74, 6) is 0.786. The van der Waals surface area contributed by atoms with Gasteiger partial charge in [-0.15, -0.1) is 5.10 Å². The van der Waals surface area contributed by atoms with Crippen molar-refractivity contribution in [1.29, 1.82) is 0 Å². The predicted octanol–water partition coefficient (Wildman–Crippen LogP) is 2.19. The summed E-state index contributed by atoms with van der Waals surface area (Å²) >= 11 is 0. The molecule has 2 saturated heterocycles. The second kappa shape index (κ2) is 7.45. The Hall–Kier alpha value is -2.41. The molecule has 1 amide bonds. The number of carbonyl (C=O) groups excluding carboxylic acids is 1. The van der Waals surface area contributed by atoms with E-state index in [9.17, 15) is 4.79 Å². The average Bonchev–Trinajstić information content (AvgIpc) is 3.38. The van der Waals surface area contributed by atoms with E-state index in [1.807, 2.05) is 40.0 Å². The number of methoxy groups -OCH3 is 1. The van der Waals surface area contributed by atoms with E-state index in [1.165, 1.54) is 0 Å². The van der Waals surface area contributed by atoms with Crippen LogP contribution in [0.5, 0.6) is 5.75 Å². The third-order valence-corrected chi connectivity index (χ3v) is 5.42. The molecule has 0 saturated carbocycles. The van der Waals surface area contributed by atoms with Gasteiger partial charge in [0.25, 0.3) is 5.91 Å². The number of benzene rings is 1. The first kappa shape index (κ1) is 17.0. The molecule has 2 aliphatic heterocycles. The Bertz CT molecular complexity index is 769. The highest BCUT2D eigenvalue weighted by Crippen LogP contribution is 2.37. The molecule has 1 aromatic heterocycles. The van der Waals surface area contributed by atoms with Gasteiger partial charge in [0.15, 0.2) is 5.69 Å². The largest absolute Gasteiger partial charge is 0.496 e. The molecule has 7 nitrogen and oxygen atoms in total. The van der Waals surface area contributed by atoms with Crippen LogP contribution in [0.25, 0.3) is 0 Å². The lowest BCUT2D eigenvalue weighted by atomic mass is 10.0. The SMILES string of the molecule is COc1ccccc1C1CCCN1C(=O)c1cn(C2CCNCC2)nn1. The molecule has 4 rings (SSSR count). The summed E-state index contributed by atoms with van der Waals surface area (Å²) in [5, 5.41) is 11.8. The van der Waals surface area contributed by atoms with Crippen LogP contribution in [-0.4, -0.2) is 52.5 Å². The van der Waals surface area contributed by atoms with Crippen LogP contribution < -0.4 is 10.1 Å². The first-order chi connectivity index (χ1) is 12.8. The molecule has 0 aliphatic carbocycles. The summed E-state index contributed by atoms with van der Waals surface area (Å²) in [6.45, 7) is 2.70. The van der Waals surface area contributed by atoms with Crippen molar-refractivity contribution in [3.05, 3.63) is 41.7 Å². The molecule has 3 heterocycles. The Kier molecular flexibility index (Phi) is 4.88. The van der Waals surface area contributed by atoms with Crippen LogP contribution >= 0.6 is 0 Å². The lowest BCUT2D eigenvalue weighted by molar-refractivity contribution is 0.0728. The number of hydrogen-bond donors (Lipinski definition) is 1. The maximum atomic E-state index is 13.1. The van der Waals surface area contributed by atoms with Gasteiger partial charge in [0, 0.05) is 12.1 Å². The van der Waals surface area contributed by atoms with E-state index in [0.29, 0.717) is 11.7 Å². The molecule has 1 unspecified atom stereocenters. The minimum atomic E-state index is -0.0430. The van der Waals surface area contributed by atoms with E-state index in [0.717, 1.165) is 56.6 Å². The number of rotatable bonds is 4. The number of likely N-dealkylation sites (tertiary alicyclic amines) is 1. The van der Waals surface area contributed by atoms with Crippen molar-refractivity contribution < 1.29 is 9.53 Å². The minimum Gasteiger partial charge on any atom is -0.496 e. The zero-order chi connectivity index (χ0) is 17.9. The van der Waals surface area contributed by atoms with Crippen LogP contribution in [-0.2, 0) is 0 Å². The van der Waals surface area contributed by atoms with Gasteiger partial charge in [-0.2, -0.15) is 0 Å². The summed E-state index contributed by atoms with van der Waals surface area (Å²) in [7, 11) is 1.67. The third-order valence-electron chi connectivity index (χ3n) is 5.42. The molecule has 0 radical (unpaired) electrons. The number of nitrogens with zero attached hydrogens (tertiary/aromatic N) is 4. The lowest BCUT2D eigenvalue weighted by Gasteiger charge is -2.25. The van der Waals surface area contributed by atoms with Crippen LogP contribution in [0.1, 0.15) is 53.8 Å². The zero-order valence-electron chi connectivity index (χ0n) is 15.1. The molecule has 1 aromatic carbocycles. The van der Waals surface area contributed by atoms with Crippen LogP contribution in [0.2, 0.25) is 0 Å². The second-order valence-corrected chi connectivity index (χ2v) is 6.96. The molecular formula is C19H25N5O2. The van der Waals surface area contributed by atoms with Gasteiger partial charge in [-0.05, 0) is 44.8 Å². The van der Waals surface area contributed by atoms with Crippen molar-refractivity contribution in [3.63, 3.8) is 0 Å². The molecule has 26 heavy (non-hydrogen) atoms. The highest BCUT2D eigenvalue weighted by atomic mass is 16.5. The van der Waals surface area contributed by atoms with Crippen LogP contribution in [0, 0.1) is 0 Å². The van der Waals surface area contributed by atoms with Gasteiger partial charge in [-0.1, -0.05) is 23.4 Å². The molecule has 2 aromatic rings. The molecule has 138 valence electrons. The molecular weight excluding hydrogens is 330 g/mol. The smallest absolute Gasteiger partial charge is 0.276 e. The lowest BCUT2D eigenvalue weighted by Crippen LogP contribution is -2.31. The predicted molar refractivity (Wildman–Crippen MR) is 97.2 cm³/mol. The Balaban J connectivity index is 1.54. The standard InChI is InChI=1S/C19H25N5O2/c1-26-18-7-3-2-5-15(18)17-6-4-12-23(17)19(25)16-13-24(22-21-16)14-8-10-20-11-9-14/h2-3,5,7,13-14,17,20H,4,6,8-12H2,1H3. The quantitative estimate of drug-likeness (QED) is 0.910. The highest BCUT2D eigenvalue weighted by molar-refractivity contribution is 5.92. The minimum absolute atomic E-state index is 0.0303. The molecule has 0 bridgehead atoms. The molecule has 2 fully saturated rings. The van der Waals surface area contributed by atoms with Crippen LogP contribution in [0.15, 0.2) is 30.5 Å². The van der Waals surface area contributed by atoms with E-state index in [4.69, 9.17) is 4.74 Å². The van der Waals surface area contributed by atoms with Gasteiger partial charge in [-0.3, -0.25) is 4.79 Å². The van der Waals surface area contributed by atoms with Crippen molar-refractivity contribution in [3.8, 4) is 5.75 Å². The molecule has 1 atom stereocenters. The van der Waals surface area contributed by atoms with E-state index in [2.05, 4.69) is 15.6 Å². The van der Waals surface area contributed by atoms with E-state index in [1.54, 1.807) is 7.11 Å². The maximum absolute atomic E-state index is 13.1. The summed E-state index contributed by atoms with van der Waals surface area (Å²) < 4.78 is 7.36. The first-order valence-electron chi connectivity index (χ1n) is 9.34. The van der Waals surface area contributed by atoms with Gasteiger partial charge in [0.1, 0.15) is 5.75 Å². The number of para-hydroxylation sites is 1. The van der Waals surface area contributed by atoms with Crippen molar-refractivity contribution in [2.24, 2.45) is 0 Å². The van der Waals surface area contributed by atoms with E-state index < -0.39 is 0 Å². The van der Waals surface area contributed by atoms with Crippen LogP contribution in [0.4, 0.5) is 0 Å². The van der Waals surface area contributed by atoms with Gasteiger partial charge >= 0.3 is 0 Å². The fourth-order valence-electron chi connectivity index (χ4n) is 4.05. The fourth-order valence-corrected chi connectivity index (χ4v) is 4.05. The Morgan fingerprint density at radius 2 is 2.04 bits per heavy atom. The normalized spacial score (nSPS) is 21.1. The number of amides is 1. The molecule has 0 spiro atoms. The highest BCUT2D eigenvalue weighted by Gasteiger charge is 2.33. The van der Waals surface area contributed by atoms with E-state index in [-0.39, 0.29) is 11.9 Å². The number of ether oxygens (including phenoxy) is 1. The van der Waals surface area contributed by atoms with Crippen molar-refractivity contribution in [2.45, 2.75) is 37.8 Å². The molecule has 7 heteroatoms. The Morgan fingerprint density at radius 1 is 1.23 bits per heavy atom. The van der Waals surface area contributed by atoms with Crippen molar-refractivity contribution >= 4 is 5.91 Å². The van der Waals surface area contributed by atoms with E-state index >= 15 is 0 Å². The Morgan fingerprint density at radius 3 is 2.85 bits per heavy atom. The monoisotopic (exact) mass is 355 g/mol. The number of piperidine rings is 1. The number of aromatic nitrogens is 3. The Labute approximate surface area is 153 Å². The van der Waals surface area contributed by atoms with Gasteiger partial charge in [0.2, 0.25) is 0 Å². The fraction of sp³-hybridized carbons (Fsp3) is 0.526. The summed E-state index contributed by atoms with van der Waals surface area (Å²) in [6, 6.07) is 8.29. The topological polar surface area (TPSA) is 72.3 Å². The summed E-state index contributed by atoms with van der Waals surface area (Å²) in [4.78, 5) is 15.0. The van der Waals surface area contributed by atoms with Crippen LogP contribution in [0.3, 0.4) is 0 Å². The van der Waals surface area contributed by atoms with Crippen molar-refractivity contribution in [1.82, 2.24) is 25.2 Å². The van der Waals surface area contributed by atoms with Crippen molar-refractivity contribution in [2.75, 3.05) is 26.7 Å². The average molecular weight is 355 g/mol. The summed E-state index contributed by atoms with van der Waals surface area (Å²) in [6.07, 6.45) is 5.77. The van der Waals surface area contributed by atoms with Gasteiger partial charge < -0.3 is 15.0 Å². The number of carbonyl (C=O) groups is 1. The second-order valence-electron chi connectivity index (χ2n) is 6.96. The zero-order valence-corrected chi connectivity index (χ0v) is 15.1. The molecule has 1 N–H and O–H groups in total. The third kappa shape index (κ3) is 3.19.